The summed E-state index contributed by atoms with van der Waals surface area (Å²) in [6.07, 6.45) is 0.922. The van der Waals surface area contributed by atoms with Gasteiger partial charge in [0.1, 0.15) is 0 Å². The Bertz CT molecular complexity index is 1030. The van der Waals surface area contributed by atoms with Gasteiger partial charge >= 0.3 is 0 Å². The number of nitrogens with zero attached hydrogens (tertiary/aromatic N) is 1. The number of sulfonamides is 1. The predicted octanol–water partition coefficient (Wildman–Crippen LogP) is 1.04. The molecule has 2 heterocycles. The Morgan fingerprint density at radius 3 is 2.70 bits per heavy atom. The van der Waals surface area contributed by atoms with E-state index in [9.17, 15) is 18.0 Å². The number of rotatable bonds is 4. The number of carbonyl (C=O) groups excluding carboxylic acids is 2. The third-order valence-corrected chi connectivity index (χ3v) is 6.31. The third kappa shape index (κ3) is 3.58. The maximum Gasteiger partial charge on any atom is 0.241 e. The van der Waals surface area contributed by atoms with Gasteiger partial charge in [-0.1, -0.05) is 24.3 Å². The van der Waals surface area contributed by atoms with Gasteiger partial charge in [0.15, 0.2) is 0 Å². The fourth-order valence-corrected chi connectivity index (χ4v) is 4.46. The second-order valence-corrected chi connectivity index (χ2v) is 8.47. The van der Waals surface area contributed by atoms with Gasteiger partial charge in [-0.05, 0) is 41.3 Å². The van der Waals surface area contributed by atoms with Crippen molar-refractivity contribution in [2.75, 3.05) is 18.4 Å². The zero-order chi connectivity index (χ0) is 19.0. The second-order valence-electron chi connectivity index (χ2n) is 6.70. The van der Waals surface area contributed by atoms with Crippen LogP contribution in [0.2, 0.25) is 0 Å². The highest BCUT2D eigenvalue weighted by atomic mass is 32.2. The van der Waals surface area contributed by atoms with Crippen LogP contribution in [0.25, 0.3) is 0 Å². The van der Waals surface area contributed by atoms with Gasteiger partial charge < -0.3 is 10.2 Å². The van der Waals surface area contributed by atoms with Crippen LogP contribution in [0.4, 0.5) is 5.69 Å². The fraction of sp³-hybridized carbons (Fsp3) is 0.263. The van der Waals surface area contributed by atoms with Gasteiger partial charge in [-0.3, -0.25) is 9.59 Å². The summed E-state index contributed by atoms with van der Waals surface area (Å²) in [6, 6.07) is 12.4. The molecule has 2 aromatic carbocycles. The lowest BCUT2D eigenvalue weighted by Crippen LogP contribution is -2.42. The van der Waals surface area contributed by atoms with Crippen molar-refractivity contribution in [3.05, 3.63) is 59.2 Å². The smallest absolute Gasteiger partial charge is 0.241 e. The van der Waals surface area contributed by atoms with Crippen molar-refractivity contribution in [3.63, 3.8) is 0 Å². The summed E-state index contributed by atoms with van der Waals surface area (Å²) in [4.78, 5) is 25.6. The van der Waals surface area contributed by atoms with Gasteiger partial charge in [-0.25, -0.2) is 13.1 Å². The zero-order valence-electron chi connectivity index (χ0n) is 14.6. The number of nitrogens with one attached hydrogen (secondary N) is 2. The van der Waals surface area contributed by atoms with Crippen LogP contribution in [0.1, 0.15) is 16.7 Å². The normalized spacial score (nSPS) is 15.9. The van der Waals surface area contributed by atoms with Gasteiger partial charge in [0.25, 0.3) is 0 Å². The van der Waals surface area contributed by atoms with Crippen molar-refractivity contribution in [2.24, 2.45) is 0 Å². The fourth-order valence-electron chi connectivity index (χ4n) is 3.43. The Labute approximate surface area is 157 Å². The molecule has 0 atom stereocenters. The molecule has 2 aliphatic rings. The minimum atomic E-state index is -3.83. The molecule has 2 amide bonds. The van der Waals surface area contributed by atoms with E-state index in [0.717, 1.165) is 12.0 Å². The monoisotopic (exact) mass is 385 g/mol. The van der Waals surface area contributed by atoms with Gasteiger partial charge in [-0.15, -0.1) is 0 Å². The van der Waals surface area contributed by atoms with E-state index >= 15 is 0 Å². The molecule has 0 unspecified atom stereocenters. The number of benzene rings is 2. The summed E-state index contributed by atoms with van der Waals surface area (Å²) >= 11 is 0. The van der Waals surface area contributed by atoms with Crippen LogP contribution in [-0.4, -0.2) is 38.2 Å². The molecular weight excluding hydrogens is 366 g/mol. The Morgan fingerprint density at radius 2 is 1.89 bits per heavy atom. The van der Waals surface area contributed by atoms with E-state index in [1.807, 2.05) is 24.3 Å². The highest BCUT2D eigenvalue weighted by Gasteiger charge is 2.24. The number of hydrogen-bond acceptors (Lipinski definition) is 4. The molecule has 0 bridgehead atoms. The number of carbonyl (C=O) groups is 2. The van der Waals surface area contributed by atoms with Crippen molar-refractivity contribution in [1.82, 2.24) is 9.62 Å². The van der Waals surface area contributed by atoms with Crippen molar-refractivity contribution < 1.29 is 18.0 Å². The molecule has 27 heavy (non-hydrogen) atoms. The van der Waals surface area contributed by atoms with Crippen LogP contribution in [0.3, 0.4) is 0 Å². The molecule has 8 heteroatoms. The Kier molecular flexibility index (Phi) is 4.45. The van der Waals surface area contributed by atoms with Crippen LogP contribution in [0.5, 0.6) is 0 Å². The first kappa shape index (κ1) is 17.7. The first-order valence-corrected chi connectivity index (χ1v) is 10.2. The average Bonchev–Trinajstić information content (AvgIpc) is 3.05. The van der Waals surface area contributed by atoms with Gasteiger partial charge in [0, 0.05) is 18.8 Å². The molecule has 0 fully saturated rings. The minimum Gasteiger partial charge on any atom is -0.337 e. The van der Waals surface area contributed by atoms with Crippen LogP contribution < -0.4 is 10.0 Å². The highest BCUT2D eigenvalue weighted by Crippen LogP contribution is 2.25. The summed E-state index contributed by atoms with van der Waals surface area (Å²) in [5, 5.41) is 2.66. The van der Waals surface area contributed by atoms with E-state index in [1.165, 1.54) is 17.7 Å². The number of anilines is 1. The average molecular weight is 385 g/mol. The number of fused-ring (bicyclic) bond motifs is 2. The summed E-state index contributed by atoms with van der Waals surface area (Å²) < 4.78 is 27.4. The van der Waals surface area contributed by atoms with Gasteiger partial charge in [0.2, 0.25) is 21.8 Å². The molecule has 0 saturated heterocycles. The summed E-state index contributed by atoms with van der Waals surface area (Å²) in [6.45, 7) is 0.770. The lowest BCUT2D eigenvalue weighted by Gasteiger charge is -2.29. The molecule has 2 aromatic rings. The maximum atomic E-state index is 12.5. The molecule has 2 N–H and O–H groups in total. The number of hydrogen-bond donors (Lipinski definition) is 2. The quantitative estimate of drug-likeness (QED) is 0.822. The third-order valence-electron chi connectivity index (χ3n) is 4.91. The van der Waals surface area contributed by atoms with Crippen LogP contribution in [0, 0.1) is 0 Å². The molecule has 2 aliphatic heterocycles. The molecule has 0 saturated carbocycles. The highest BCUT2D eigenvalue weighted by molar-refractivity contribution is 7.89. The summed E-state index contributed by atoms with van der Waals surface area (Å²) in [5.74, 6) is -0.417. The Balaban J connectivity index is 1.42. The molecule has 0 aliphatic carbocycles. The summed E-state index contributed by atoms with van der Waals surface area (Å²) in [7, 11) is -3.83. The molecule has 0 radical (unpaired) electrons. The Hall–Kier alpha value is -2.71. The molecule has 4 rings (SSSR count). The van der Waals surface area contributed by atoms with Crippen molar-refractivity contribution >= 4 is 27.5 Å². The van der Waals surface area contributed by atoms with Gasteiger partial charge in [-0.2, -0.15) is 0 Å². The maximum absolute atomic E-state index is 12.5. The zero-order valence-corrected chi connectivity index (χ0v) is 15.4. The standard InChI is InChI=1S/C19H19N3O4S/c23-18-10-15-9-16(5-6-17(15)21-18)27(25,26)20-11-19(24)22-8-7-13-3-1-2-4-14(13)12-22/h1-6,9,20H,7-8,10-12H2,(H,21,23). The lowest BCUT2D eigenvalue weighted by atomic mass is 10.00. The predicted molar refractivity (Wildman–Crippen MR) is 99.5 cm³/mol. The Morgan fingerprint density at radius 1 is 1.11 bits per heavy atom. The van der Waals surface area contributed by atoms with E-state index in [0.29, 0.717) is 24.3 Å². The lowest BCUT2D eigenvalue weighted by molar-refractivity contribution is -0.130. The van der Waals surface area contributed by atoms with E-state index in [-0.39, 0.29) is 29.7 Å². The molecule has 7 nitrogen and oxygen atoms in total. The van der Waals surface area contributed by atoms with E-state index in [4.69, 9.17) is 0 Å². The van der Waals surface area contributed by atoms with Gasteiger partial charge in [0.05, 0.1) is 17.9 Å². The van der Waals surface area contributed by atoms with E-state index < -0.39 is 10.0 Å². The molecule has 140 valence electrons. The van der Waals surface area contributed by atoms with Crippen LogP contribution in [0.15, 0.2) is 47.4 Å². The first-order chi connectivity index (χ1) is 12.9. The summed E-state index contributed by atoms with van der Waals surface area (Å²) in [5.41, 5.74) is 3.59. The van der Waals surface area contributed by atoms with Crippen LogP contribution in [-0.2, 0) is 39.0 Å². The molecular formula is C19H19N3O4S. The van der Waals surface area contributed by atoms with Crippen molar-refractivity contribution in [2.45, 2.75) is 24.3 Å². The van der Waals surface area contributed by atoms with E-state index in [2.05, 4.69) is 10.0 Å². The van der Waals surface area contributed by atoms with Crippen molar-refractivity contribution in [3.8, 4) is 0 Å². The topological polar surface area (TPSA) is 95.6 Å². The number of amides is 2. The first-order valence-electron chi connectivity index (χ1n) is 8.69. The van der Waals surface area contributed by atoms with E-state index in [1.54, 1.807) is 11.0 Å². The minimum absolute atomic E-state index is 0.0505. The SMILES string of the molecule is O=C1Cc2cc(S(=O)(=O)NCC(=O)N3CCc4ccccc4C3)ccc2N1. The molecule has 0 aromatic heterocycles. The van der Waals surface area contributed by atoms with Crippen LogP contribution >= 0.6 is 0 Å². The molecule has 0 spiro atoms. The van der Waals surface area contributed by atoms with Crippen molar-refractivity contribution in [1.29, 1.82) is 0 Å². The largest absolute Gasteiger partial charge is 0.337 e. The second kappa shape index (κ2) is 6.79.